The van der Waals surface area contributed by atoms with E-state index in [0.29, 0.717) is 0 Å². The Morgan fingerprint density at radius 1 is 1.46 bits per heavy atom. The molecule has 1 aromatic rings. The first kappa shape index (κ1) is 11.5. The third-order valence-corrected chi connectivity index (χ3v) is 0.857. The van der Waals surface area contributed by atoms with Crippen LogP contribution in [0.3, 0.4) is 0 Å². The maximum absolute atomic E-state index is 9.97. The van der Waals surface area contributed by atoms with Crippen LogP contribution in [0.2, 0.25) is 0 Å². The molecule has 1 rings (SSSR count). The van der Waals surface area contributed by atoms with Crippen molar-refractivity contribution in [2.24, 2.45) is 0 Å². The zero-order valence-electron chi connectivity index (χ0n) is 6.44. The van der Waals surface area contributed by atoms with Crippen molar-refractivity contribution in [3.8, 4) is 0 Å². The van der Waals surface area contributed by atoms with Gasteiger partial charge in [-0.3, -0.25) is 15.1 Å². The van der Waals surface area contributed by atoms with Crippen LogP contribution in [0.5, 0.6) is 0 Å². The van der Waals surface area contributed by atoms with Gasteiger partial charge in [-0.05, 0) is 6.07 Å². The largest absolute Gasteiger partial charge is 0.631 e. The van der Waals surface area contributed by atoms with Crippen LogP contribution in [-0.4, -0.2) is 32.3 Å². The Bertz CT molecular complexity index is 252. The number of nitro groups is 1. The molecule has 1 aromatic heterocycles. The third-order valence-electron chi connectivity index (χ3n) is 0.857. The van der Waals surface area contributed by atoms with Gasteiger partial charge < -0.3 is 15.1 Å². The summed E-state index contributed by atoms with van der Waals surface area (Å²) >= 11 is 0. The van der Waals surface area contributed by atoms with Crippen LogP contribution >= 0.6 is 0 Å². The van der Waals surface area contributed by atoms with E-state index in [-0.39, 0.29) is 5.69 Å². The smallest absolute Gasteiger partial charge is 0.402 e. The minimum atomic E-state index is -2.17. The molecule has 70 valence electrons. The van der Waals surface area contributed by atoms with Crippen molar-refractivity contribution in [1.82, 2.24) is 4.98 Å². The van der Waals surface area contributed by atoms with E-state index in [1.54, 1.807) is 0 Å². The van der Waals surface area contributed by atoms with Crippen LogP contribution in [0, 0.1) is 10.1 Å². The molecule has 0 aliphatic heterocycles. The second-order valence-corrected chi connectivity index (χ2v) is 1.81. The first-order valence-corrected chi connectivity index (χ1v) is 3.12. The molecule has 0 saturated carbocycles. The van der Waals surface area contributed by atoms with E-state index in [4.69, 9.17) is 15.1 Å². The molecular formula is C5H7BN2O5. The molecule has 3 N–H and O–H groups in total. The number of pyridine rings is 1. The molecule has 0 aliphatic carbocycles. The summed E-state index contributed by atoms with van der Waals surface area (Å²) in [5.41, 5.74) is 0.0255. The van der Waals surface area contributed by atoms with E-state index in [1.165, 1.54) is 24.5 Å². The predicted molar refractivity (Wildman–Crippen MR) is 43.3 cm³/mol. The maximum atomic E-state index is 9.97. The summed E-state index contributed by atoms with van der Waals surface area (Å²) < 4.78 is 0. The molecule has 1 heterocycles. The molecule has 0 bridgehead atoms. The van der Waals surface area contributed by atoms with Gasteiger partial charge in [-0.2, -0.15) is 0 Å². The van der Waals surface area contributed by atoms with E-state index in [0.717, 1.165) is 0 Å². The highest BCUT2D eigenvalue weighted by Crippen LogP contribution is 2.04. The van der Waals surface area contributed by atoms with Gasteiger partial charge >= 0.3 is 7.32 Å². The zero-order valence-corrected chi connectivity index (χ0v) is 6.44. The van der Waals surface area contributed by atoms with Crippen molar-refractivity contribution in [2.75, 3.05) is 0 Å². The second kappa shape index (κ2) is 6.06. The van der Waals surface area contributed by atoms with Crippen molar-refractivity contribution >= 4 is 13.0 Å². The van der Waals surface area contributed by atoms with Crippen LogP contribution in [0.15, 0.2) is 24.5 Å². The monoisotopic (exact) mass is 186 g/mol. The molecule has 0 aromatic carbocycles. The van der Waals surface area contributed by atoms with Crippen LogP contribution < -0.4 is 0 Å². The number of hydrogen-bond acceptors (Lipinski definition) is 6. The van der Waals surface area contributed by atoms with E-state index >= 15 is 0 Å². The average molecular weight is 186 g/mol. The minimum Gasteiger partial charge on any atom is -0.402 e. The molecule has 0 fully saturated rings. The summed E-state index contributed by atoms with van der Waals surface area (Å²) in [5, 5.41) is 31.5. The zero-order chi connectivity index (χ0) is 10.3. The Hall–Kier alpha value is -1.51. The quantitative estimate of drug-likeness (QED) is 0.292. The Morgan fingerprint density at radius 3 is 2.23 bits per heavy atom. The topological polar surface area (TPSA) is 117 Å². The predicted octanol–water partition coefficient (Wildman–Crippen LogP) is -1.06. The van der Waals surface area contributed by atoms with Crippen molar-refractivity contribution in [3.63, 3.8) is 0 Å². The summed E-state index contributed by atoms with van der Waals surface area (Å²) in [7, 11) is -2.17. The molecule has 0 amide bonds. The SMILES string of the molecule is O=[N+]([O-])c1cccnc1.OB(O)O. The summed E-state index contributed by atoms with van der Waals surface area (Å²) in [4.78, 5) is 13.1. The van der Waals surface area contributed by atoms with Gasteiger partial charge in [0.15, 0.2) is 0 Å². The lowest BCUT2D eigenvalue weighted by Gasteiger charge is -1.84. The fraction of sp³-hybridized carbons (Fsp3) is 0. The van der Waals surface area contributed by atoms with Crippen LogP contribution in [0.1, 0.15) is 0 Å². The maximum Gasteiger partial charge on any atom is 0.631 e. The van der Waals surface area contributed by atoms with Gasteiger partial charge in [0.2, 0.25) is 0 Å². The van der Waals surface area contributed by atoms with Crippen LogP contribution in [-0.2, 0) is 0 Å². The highest BCUT2D eigenvalue weighted by molar-refractivity contribution is 6.30. The molecule has 0 aliphatic rings. The van der Waals surface area contributed by atoms with Gasteiger partial charge in [0.05, 0.1) is 4.92 Å². The summed E-state index contributed by atoms with van der Waals surface area (Å²) in [6.45, 7) is 0. The summed E-state index contributed by atoms with van der Waals surface area (Å²) in [6, 6.07) is 2.92. The molecule has 7 nitrogen and oxygen atoms in total. The van der Waals surface area contributed by atoms with E-state index in [9.17, 15) is 10.1 Å². The lowest BCUT2D eigenvalue weighted by Crippen LogP contribution is -2.07. The number of aromatic nitrogens is 1. The van der Waals surface area contributed by atoms with Gasteiger partial charge in [-0.1, -0.05) is 0 Å². The highest BCUT2D eigenvalue weighted by atomic mass is 16.6. The summed E-state index contributed by atoms with van der Waals surface area (Å²) in [6.07, 6.45) is 2.70. The fourth-order valence-corrected chi connectivity index (χ4v) is 0.462. The second-order valence-electron chi connectivity index (χ2n) is 1.81. The lowest BCUT2D eigenvalue weighted by molar-refractivity contribution is -0.385. The van der Waals surface area contributed by atoms with Gasteiger partial charge in [-0.25, -0.2) is 0 Å². The van der Waals surface area contributed by atoms with Gasteiger partial charge in [0.25, 0.3) is 5.69 Å². The Morgan fingerprint density at radius 2 is 2.00 bits per heavy atom. The number of rotatable bonds is 1. The number of nitrogens with zero attached hydrogens (tertiary/aromatic N) is 2. The number of hydrogen-bond donors (Lipinski definition) is 3. The minimum absolute atomic E-state index is 0.0255. The molecule has 0 spiro atoms. The Balaban J connectivity index is 0.000000310. The normalized spacial score (nSPS) is 8.23. The van der Waals surface area contributed by atoms with E-state index < -0.39 is 12.2 Å². The van der Waals surface area contributed by atoms with Gasteiger partial charge in [0.1, 0.15) is 6.20 Å². The van der Waals surface area contributed by atoms with Crippen molar-refractivity contribution < 1.29 is 20.0 Å². The van der Waals surface area contributed by atoms with Crippen LogP contribution in [0.4, 0.5) is 5.69 Å². The summed E-state index contributed by atoms with van der Waals surface area (Å²) in [5.74, 6) is 0. The fourth-order valence-electron chi connectivity index (χ4n) is 0.462. The molecule has 0 saturated heterocycles. The Kier molecular flexibility index (Phi) is 5.36. The van der Waals surface area contributed by atoms with Crippen molar-refractivity contribution in [2.45, 2.75) is 0 Å². The Labute approximate surface area is 73.6 Å². The molecule has 13 heavy (non-hydrogen) atoms. The first-order chi connectivity index (χ1) is 6.04. The van der Waals surface area contributed by atoms with Gasteiger partial charge in [0, 0.05) is 12.3 Å². The molecule has 0 radical (unpaired) electrons. The third kappa shape index (κ3) is 6.88. The molecule has 0 unspecified atom stereocenters. The molecule has 0 atom stereocenters. The molecular weight excluding hydrogens is 179 g/mol. The van der Waals surface area contributed by atoms with Crippen LogP contribution in [0.25, 0.3) is 0 Å². The molecule has 8 heteroatoms. The van der Waals surface area contributed by atoms with Crippen molar-refractivity contribution in [3.05, 3.63) is 34.6 Å². The van der Waals surface area contributed by atoms with E-state index in [1.807, 2.05) is 0 Å². The average Bonchev–Trinajstić information content (AvgIpc) is 2.05. The van der Waals surface area contributed by atoms with E-state index in [2.05, 4.69) is 4.98 Å². The first-order valence-electron chi connectivity index (χ1n) is 3.12. The standard InChI is InChI=1S/C5H4N2O2.BH3O3/c8-7(9)5-2-1-3-6-4-5;2-1(3)4/h1-4H;2-4H. The van der Waals surface area contributed by atoms with Gasteiger partial charge in [-0.15, -0.1) is 0 Å². The van der Waals surface area contributed by atoms with Crippen molar-refractivity contribution in [1.29, 1.82) is 0 Å². The highest BCUT2D eigenvalue weighted by Gasteiger charge is 1.99. The lowest BCUT2D eigenvalue weighted by atomic mass is 10.3.